The van der Waals surface area contributed by atoms with Gasteiger partial charge in [0.2, 0.25) is 5.56 Å². The Hall–Kier alpha value is -2.49. The van der Waals surface area contributed by atoms with Gasteiger partial charge in [0.05, 0.1) is 10.5 Å². The molecule has 2 aliphatic heterocycles. The predicted molar refractivity (Wildman–Crippen MR) is 107 cm³/mol. The van der Waals surface area contributed by atoms with E-state index in [0.29, 0.717) is 30.0 Å². The summed E-state index contributed by atoms with van der Waals surface area (Å²) < 4.78 is 0. The molecule has 1 aromatic carbocycles. The van der Waals surface area contributed by atoms with Crippen molar-refractivity contribution in [2.24, 2.45) is 0 Å². The number of aromatic nitrogens is 1. The average molecular weight is 408 g/mol. The molecule has 2 aromatic rings. The van der Waals surface area contributed by atoms with Gasteiger partial charge in [0.25, 0.3) is 11.6 Å². The minimum atomic E-state index is -0.505. The monoisotopic (exact) mass is 407 g/mol. The van der Waals surface area contributed by atoms with E-state index in [2.05, 4.69) is 15.2 Å². The lowest BCUT2D eigenvalue weighted by Crippen LogP contribution is -2.49. The van der Waals surface area contributed by atoms with Crippen LogP contribution in [0.15, 0.2) is 29.1 Å². The van der Waals surface area contributed by atoms with E-state index >= 15 is 0 Å². The maximum absolute atomic E-state index is 13.1. The number of piperazine rings is 1. The third kappa shape index (κ3) is 3.87. The van der Waals surface area contributed by atoms with Gasteiger partial charge in [0, 0.05) is 74.4 Å². The summed E-state index contributed by atoms with van der Waals surface area (Å²) >= 11 is 0. The predicted octanol–water partition coefficient (Wildman–Crippen LogP) is 0.978. The topological polar surface area (TPSA) is 112 Å². The van der Waals surface area contributed by atoms with Gasteiger partial charge in [-0.2, -0.15) is 0 Å². The number of fused-ring (bicyclic) bond motifs is 1. The second kappa shape index (κ2) is 8.26. The molecular weight excluding hydrogens is 386 g/mol. The van der Waals surface area contributed by atoms with E-state index in [1.807, 2.05) is 0 Å². The van der Waals surface area contributed by atoms with Crippen LogP contribution in [0, 0.1) is 10.1 Å². The number of halogens is 1. The number of nitro benzene ring substituents is 1. The van der Waals surface area contributed by atoms with E-state index in [-0.39, 0.29) is 29.6 Å². The van der Waals surface area contributed by atoms with Crippen LogP contribution in [0.2, 0.25) is 0 Å². The highest BCUT2D eigenvalue weighted by Gasteiger charge is 2.32. The Balaban J connectivity index is 0.00000225. The van der Waals surface area contributed by atoms with Crippen LogP contribution >= 0.6 is 12.4 Å². The van der Waals surface area contributed by atoms with Gasteiger partial charge in [-0.25, -0.2) is 0 Å². The standard InChI is InChI=1S/C18H21N5O4.ClH/c24-17-10-15(14-9-12(23(26)27)1-2-16(14)20-17)18(25)22-6-3-13(11-22)21-7-4-19-5-8-21;/h1-2,9-10,13,19H,3-8,11H2,(H,20,24);1H. The van der Waals surface area contributed by atoms with Crippen molar-refractivity contribution < 1.29 is 9.72 Å². The van der Waals surface area contributed by atoms with E-state index in [9.17, 15) is 19.7 Å². The van der Waals surface area contributed by atoms with E-state index in [1.54, 1.807) is 4.90 Å². The van der Waals surface area contributed by atoms with Crippen LogP contribution in [0.25, 0.3) is 10.9 Å². The van der Waals surface area contributed by atoms with Gasteiger partial charge in [0.15, 0.2) is 0 Å². The van der Waals surface area contributed by atoms with Crippen LogP contribution in [-0.4, -0.2) is 70.9 Å². The molecule has 28 heavy (non-hydrogen) atoms. The van der Waals surface area contributed by atoms with Gasteiger partial charge >= 0.3 is 0 Å². The SMILES string of the molecule is Cl.O=C(c1cc(=O)[nH]c2ccc([N+](=O)[O-])cc12)N1CCC(N2CCNCC2)C1. The lowest BCUT2D eigenvalue weighted by molar-refractivity contribution is -0.384. The number of likely N-dealkylation sites (tertiary alicyclic amines) is 1. The Kier molecular flexibility index (Phi) is 5.97. The number of nitro groups is 1. The number of non-ortho nitro benzene ring substituents is 1. The molecule has 1 aromatic heterocycles. The number of pyridine rings is 1. The van der Waals surface area contributed by atoms with Gasteiger partial charge in [0.1, 0.15) is 0 Å². The van der Waals surface area contributed by atoms with E-state index < -0.39 is 10.5 Å². The summed E-state index contributed by atoms with van der Waals surface area (Å²) in [5, 5.41) is 14.8. The van der Waals surface area contributed by atoms with Crippen LogP contribution in [0.3, 0.4) is 0 Å². The van der Waals surface area contributed by atoms with Crippen molar-refractivity contribution in [2.45, 2.75) is 12.5 Å². The van der Waals surface area contributed by atoms with Gasteiger partial charge in [-0.15, -0.1) is 12.4 Å². The van der Waals surface area contributed by atoms with Crippen LogP contribution in [0.1, 0.15) is 16.8 Å². The van der Waals surface area contributed by atoms with E-state index in [0.717, 1.165) is 32.6 Å². The van der Waals surface area contributed by atoms with Crippen molar-refractivity contribution in [1.82, 2.24) is 20.1 Å². The number of rotatable bonds is 3. The molecule has 0 spiro atoms. The largest absolute Gasteiger partial charge is 0.337 e. The number of nitrogens with zero attached hydrogens (tertiary/aromatic N) is 3. The molecule has 1 atom stereocenters. The minimum Gasteiger partial charge on any atom is -0.337 e. The first-order valence-corrected chi connectivity index (χ1v) is 9.08. The fourth-order valence-electron chi connectivity index (χ4n) is 3.97. The van der Waals surface area contributed by atoms with Crippen molar-refractivity contribution >= 4 is 34.9 Å². The van der Waals surface area contributed by atoms with Gasteiger partial charge < -0.3 is 15.2 Å². The number of carbonyl (C=O) groups excluding carboxylic acids is 1. The number of hydrogen-bond acceptors (Lipinski definition) is 6. The molecule has 1 unspecified atom stereocenters. The Morgan fingerprint density at radius 3 is 2.64 bits per heavy atom. The summed E-state index contributed by atoms with van der Waals surface area (Å²) in [6.07, 6.45) is 0.896. The van der Waals surface area contributed by atoms with Crippen molar-refractivity contribution in [3.63, 3.8) is 0 Å². The number of nitrogens with one attached hydrogen (secondary N) is 2. The van der Waals surface area contributed by atoms with Crippen molar-refractivity contribution in [3.8, 4) is 0 Å². The summed E-state index contributed by atoms with van der Waals surface area (Å²) in [6, 6.07) is 5.70. The summed E-state index contributed by atoms with van der Waals surface area (Å²) in [5.74, 6) is -0.246. The Morgan fingerprint density at radius 1 is 1.18 bits per heavy atom. The Labute approximate surface area is 167 Å². The fourth-order valence-corrected chi connectivity index (χ4v) is 3.97. The van der Waals surface area contributed by atoms with Crippen LogP contribution in [0.5, 0.6) is 0 Å². The Bertz CT molecular complexity index is 957. The number of hydrogen-bond donors (Lipinski definition) is 2. The maximum atomic E-state index is 13.1. The van der Waals surface area contributed by atoms with E-state index in [1.165, 1.54) is 24.3 Å². The third-order valence-corrected chi connectivity index (χ3v) is 5.39. The van der Waals surface area contributed by atoms with Crippen molar-refractivity contribution in [2.75, 3.05) is 39.3 Å². The van der Waals surface area contributed by atoms with Crippen LogP contribution in [-0.2, 0) is 0 Å². The third-order valence-electron chi connectivity index (χ3n) is 5.39. The first-order valence-electron chi connectivity index (χ1n) is 9.08. The molecule has 2 saturated heterocycles. The highest BCUT2D eigenvalue weighted by Crippen LogP contribution is 2.25. The second-order valence-corrected chi connectivity index (χ2v) is 7.01. The lowest BCUT2D eigenvalue weighted by atomic mass is 10.1. The number of aromatic amines is 1. The highest BCUT2D eigenvalue weighted by molar-refractivity contribution is 6.06. The van der Waals surface area contributed by atoms with Gasteiger partial charge in [-0.3, -0.25) is 24.6 Å². The molecular formula is C18H22ClN5O4. The zero-order chi connectivity index (χ0) is 19.0. The highest BCUT2D eigenvalue weighted by atomic mass is 35.5. The molecule has 0 saturated carbocycles. The molecule has 0 aliphatic carbocycles. The van der Waals surface area contributed by atoms with Gasteiger partial charge in [-0.1, -0.05) is 0 Å². The molecule has 4 rings (SSSR count). The molecule has 2 N–H and O–H groups in total. The smallest absolute Gasteiger partial charge is 0.270 e. The molecule has 0 bridgehead atoms. The number of amides is 1. The molecule has 3 heterocycles. The first-order chi connectivity index (χ1) is 13.0. The zero-order valence-corrected chi connectivity index (χ0v) is 16.0. The normalized spacial score (nSPS) is 20.1. The molecule has 9 nitrogen and oxygen atoms in total. The molecule has 1 amide bonds. The van der Waals surface area contributed by atoms with Crippen LogP contribution in [0.4, 0.5) is 5.69 Å². The zero-order valence-electron chi connectivity index (χ0n) is 15.2. The molecule has 2 fully saturated rings. The summed E-state index contributed by atoms with van der Waals surface area (Å²) in [6.45, 7) is 5.07. The molecule has 0 radical (unpaired) electrons. The molecule has 10 heteroatoms. The lowest BCUT2D eigenvalue weighted by Gasteiger charge is -2.32. The minimum absolute atomic E-state index is 0. The maximum Gasteiger partial charge on any atom is 0.270 e. The molecule has 150 valence electrons. The second-order valence-electron chi connectivity index (χ2n) is 7.01. The fraction of sp³-hybridized carbons (Fsp3) is 0.444. The number of H-pyrrole nitrogens is 1. The number of benzene rings is 1. The number of carbonyl (C=O) groups is 1. The summed E-state index contributed by atoms with van der Waals surface area (Å²) in [4.78, 5) is 42.4. The van der Waals surface area contributed by atoms with E-state index in [4.69, 9.17) is 0 Å². The quantitative estimate of drug-likeness (QED) is 0.579. The Morgan fingerprint density at radius 2 is 1.93 bits per heavy atom. The van der Waals surface area contributed by atoms with Crippen molar-refractivity contribution in [1.29, 1.82) is 0 Å². The van der Waals surface area contributed by atoms with Crippen molar-refractivity contribution in [3.05, 3.63) is 50.3 Å². The van der Waals surface area contributed by atoms with Crippen LogP contribution < -0.4 is 10.9 Å². The first kappa shape index (κ1) is 20.2. The van der Waals surface area contributed by atoms with Gasteiger partial charge in [-0.05, 0) is 12.5 Å². The summed E-state index contributed by atoms with van der Waals surface area (Å²) in [7, 11) is 0. The summed E-state index contributed by atoms with van der Waals surface area (Å²) in [5.41, 5.74) is 0.147. The average Bonchev–Trinajstić information content (AvgIpc) is 3.17. The molecule has 2 aliphatic rings.